The SMILES string of the molecule is C=C/C=C(\C=N)COc1c(OC)cc(Cc2cnc(N)nc2N)cc1OC. The average Bonchev–Trinajstić information content (AvgIpc) is 2.67. The van der Waals surface area contributed by atoms with Crippen LogP contribution in [0.2, 0.25) is 0 Å². The molecule has 0 aliphatic rings. The standard InChI is InChI=1S/C19H23N5O3/c1-4-5-12(9-20)11-27-17-15(25-2)7-13(8-16(17)26-3)6-14-10-23-19(22)24-18(14)21/h4-5,7-10,20H,1,6,11H2,2-3H3,(H4,21,22,23,24)/b12-5+,20-9?. The Morgan fingerprint density at radius 1 is 1.22 bits per heavy atom. The zero-order valence-electron chi connectivity index (χ0n) is 15.4. The molecule has 0 aliphatic heterocycles. The van der Waals surface area contributed by atoms with Gasteiger partial charge in [-0.1, -0.05) is 18.7 Å². The predicted octanol–water partition coefficient (Wildman–Crippen LogP) is 2.39. The summed E-state index contributed by atoms with van der Waals surface area (Å²) in [6.07, 6.45) is 6.57. The third-order valence-corrected chi connectivity index (χ3v) is 3.73. The zero-order chi connectivity index (χ0) is 19.8. The van der Waals surface area contributed by atoms with Gasteiger partial charge in [0.15, 0.2) is 11.5 Å². The third kappa shape index (κ3) is 4.97. The van der Waals surface area contributed by atoms with Gasteiger partial charge in [0, 0.05) is 30.0 Å². The van der Waals surface area contributed by atoms with Gasteiger partial charge < -0.3 is 31.1 Å². The molecule has 8 nitrogen and oxygen atoms in total. The van der Waals surface area contributed by atoms with E-state index in [2.05, 4.69) is 16.5 Å². The first-order valence-corrected chi connectivity index (χ1v) is 8.09. The molecule has 8 heteroatoms. The van der Waals surface area contributed by atoms with Crippen LogP contribution in [0.1, 0.15) is 11.1 Å². The van der Waals surface area contributed by atoms with Crippen LogP contribution >= 0.6 is 0 Å². The van der Waals surface area contributed by atoms with Gasteiger partial charge in [-0.3, -0.25) is 0 Å². The van der Waals surface area contributed by atoms with Crippen LogP contribution in [0.3, 0.4) is 0 Å². The van der Waals surface area contributed by atoms with E-state index in [0.29, 0.717) is 35.1 Å². The molecule has 0 spiro atoms. The summed E-state index contributed by atoms with van der Waals surface area (Å²) in [5.74, 6) is 1.90. The lowest BCUT2D eigenvalue weighted by Gasteiger charge is -2.16. The molecule has 1 aromatic carbocycles. The summed E-state index contributed by atoms with van der Waals surface area (Å²) < 4.78 is 16.7. The molecule has 0 radical (unpaired) electrons. The minimum Gasteiger partial charge on any atom is -0.493 e. The lowest BCUT2D eigenvalue weighted by atomic mass is 10.1. The van der Waals surface area contributed by atoms with E-state index in [1.807, 2.05) is 12.1 Å². The topological polar surface area (TPSA) is 129 Å². The van der Waals surface area contributed by atoms with Crippen molar-refractivity contribution in [3.8, 4) is 17.2 Å². The van der Waals surface area contributed by atoms with Crippen molar-refractivity contribution in [1.82, 2.24) is 9.97 Å². The average molecular weight is 369 g/mol. The van der Waals surface area contributed by atoms with E-state index in [1.54, 1.807) is 32.6 Å². The zero-order valence-corrected chi connectivity index (χ0v) is 15.4. The number of allylic oxidation sites excluding steroid dienone is 2. The summed E-state index contributed by atoms with van der Waals surface area (Å²) in [5.41, 5.74) is 13.7. The Morgan fingerprint density at radius 3 is 2.41 bits per heavy atom. The normalized spacial score (nSPS) is 11.0. The number of rotatable bonds is 9. The number of nitrogens with two attached hydrogens (primary N) is 2. The van der Waals surface area contributed by atoms with Crippen LogP contribution in [0.5, 0.6) is 17.2 Å². The highest BCUT2D eigenvalue weighted by atomic mass is 16.5. The molecule has 142 valence electrons. The molecule has 5 N–H and O–H groups in total. The number of hydrogen-bond acceptors (Lipinski definition) is 8. The van der Waals surface area contributed by atoms with Crippen molar-refractivity contribution in [2.24, 2.45) is 0 Å². The number of nitrogen functional groups attached to an aromatic ring is 2. The number of anilines is 2. The maximum absolute atomic E-state index is 7.40. The van der Waals surface area contributed by atoms with E-state index in [9.17, 15) is 0 Å². The number of benzene rings is 1. The number of nitrogens with zero attached hydrogens (tertiary/aromatic N) is 2. The smallest absolute Gasteiger partial charge is 0.221 e. The van der Waals surface area contributed by atoms with E-state index >= 15 is 0 Å². The fraction of sp³-hybridized carbons (Fsp3) is 0.211. The summed E-state index contributed by atoms with van der Waals surface area (Å²) >= 11 is 0. The Bertz CT molecular complexity index is 839. The van der Waals surface area contributed by atoms with Gasteiger partial charge in [0.05, 0.1) is 14.2 Å². The maximum atomic E-state index is 7.40. The molecule has 0 bridgehead atoms. The summed E-state index contributed by atoms with van der Waals surface area (Å²) in [7, 11) is 3.09. The molecule has 2 rings (SSSR count). The van der Waals surface area contributed by atoms with Crippen molar-refractivity contribution < 1.29 is 14.2 Å². The molecule has 0 amide bonds. The lowest BCUT2D eigenvalue weighted by molar-refractivity contribution is 0.298. The van der Waals surface area contributed by atoms with E-state index in [4.69, 9.17) is 31.1 Å². The van der Waals surface area contributed by atoms with Crippen LogP contribution in [0.15, 0.2) is 42.6 Å². The Balaban J connectivity index is 2.33. The van der Waals surface area contributed by atoms with Gasteiger partial charge in [-0.05, 0) is 17.7 Å². The van der Waals surface area contributed by atoms with Gasteiger partial charge in [-0.2, -0.15) is 4.98 Å². The summed E-state index contributed by atoms with van der Waals surface area (Å²) in [5, 5.41) is 7.40. The number of hydrogen-bond donors (Lipinski definition) is 3. The monoisotopic (exact) mass is 369 g/mol. The van der Waals surface area contributed by atoms with Gasteiger partial charge in [0.25, 0.3) is 0 Å². The van der Waals surface area contributed by atoms with E-state index in [-0.39, 0.29) is 12.6 Å². The van der Waals surface area contributed by atoms with Gasteiger partial charge in [-0.25, -0.2) is 4.98 Å². The Hall–Kier alpha value is -3.55. The van der Waals surface area contributed by atoms with Gasteiger partial charge in [-0.15, -0.1) is 0 Å². The second-order valence-corrected chi connectivity index (χ2v) is 5.56. The fourth-order valence-electron chi connectivity index (χ4n) is 2.41. The third-order valence-electron chi connectivity index (χ3n) is 3.73. The van der Waals surface area contributed by atoms with Crippen LogP contribution in [0.25, 0.3) is 0 Å². The Morgan fingerprint density at radius 2 is 1.89 bits per heavy atom. The molecule has 1 aromatic heterocycles. The minimum atomic E-state index is 0.129. The van der Waals surface area contributed by atoms with Crippen molar-refractivity contribution in [3.05, 3.63) is 53.8 Å². The van der Waals surface area contributed by atoms with Crippen LogP contribution in [0.4, 0.5) is 11.8 Å². The van der Waals surface area contributed by atoms with Crippen LogP contribution in [-0.2, 0) is 6.42 Å². The van der Waals surface area contributed by atoms with Crippen LogP contribution in [-0.4, -0.2) is 37.0 Å². The first-order chi connectivity index (χ1) is 13.0. The molecule has 0 fully saturated rings. The summed E-state index contributed by atoms with van der Waals surface area (Å²) in [4.78, 5) is 7.95. The summed E-state index contributed by atoms with van der Waals surface area (Å²) in [6.45, 7) is 3.80. The highest BCUT2D eigenvalue weighted by Crippen LogP contribution is 2.39. The predicted molar refractivity (Wildman–Crippen MR) is 106 cm³/mol. The number of aromatic nitrogens is 2. The van der Waals surface area contributed by atoms with Crippen LogP contribution in [0, 0.1) is 5.41 Å². The summed E-state index contributed by atoms with van der Waals surface area (Å²) in [6, 6.07) is 3.66. The molecule has 27 heavy (non-hydrogen) atoms. The molecule has 0 saturated heterocycles. The first kappa shape index (κ1) is 19.8. The molecule has 0 unspecified atom stereocenters. The van der Waals surface area contributed by atoms with Gasteiger partial charge >= 0.3 is 0 Å². The van der Waals surface area contributed by atoms with E-state index in [1.165, 1.54) is 6.21 Å². The van der Waals surface area contributed by atoms with Crippen LogP contribution < -0.4 is 25.7 Å². The van der Waals surface area contributed by atoms with Crippen molar-refractivity contribution in [2.75, 3.05) is 32.3 Å². The minimum absolute atomic E-state index is 0.129. The lowest BCUT2D eigenvalue weighted by Crippen LogP contribution is -2.06. The number of ether oxygens (including phenoxy) is 3. The molecule has 0 atom stereocenters. The first-order valence-electron chi connectivity index (χ1n) is 8.09. The highest BCUT2D eigenvalue weighted by molar-refractivity contribution is 5.76. The largest absolute Gasteiger partial charge is 0.493 e. The maximum Gasteiger partial charge on any atom is 0.221 e. The van der Waals surface area contributed by atoms with E-state index < -0.39 is 0 Å². The molecular weight excluding hydrogens is 346 g/mol. The molecular formula is C19H23N5O3. The fourth-order valence-corrected chi connectivity index (χ4v) is 2.41. The second kappa shape index (κ2) is 9.23. The Labute approximate surface area is 158 Å². The highest BCUT2D eigenvalue weighted by Gasteiger charge is 2.16. The van der Waals surface area contributed by atoms with Gasteiger partial charge in [0.2, 0.25) is 11.7 Å². The number of nitrogens with one attached hydrogen (secondary N) is 1. The quantitative estimate of drug-likeness (QED) is 0.457. The molecule has 2 aromatic rings. The molecule has 0 aliphatic carbocycles. The van der Waals surface area contributed by atoms with Gasteiger partial charge in [0.1, 0.15) is 12.4 Å². The Kier molecular flexibility index (Phi) is 6.76. The molecule has 0 saturated carbocycles. The second-order valence-electron chi connectivity index (χ2n) is 5.56. The van der Waals surface area contributed by atoms with E-state index in [0.717, 1.165) is 11.1 Å². The molecule has 1 heterocycles. The van der Waals surface area contributed by atoms with Crippen molar-refractivity contribution in [1.29, 1.82) is 5.41 Å². The van der Waals surface area contributed by atoms with Crippen molar-refractivity contribution >= 4 is 18.0 Å². The van der Waals surface area contributed by atoms with Crippen molar-refractivity contribution in [2.45, 2.75) is 6.42 Å². The van der Waals surface area contributed by atoms with Crippen molar-refractivity contribution in [3.63, 3.8) is 0 Å². The number of methoxy groups -OCH3 is 2.